The maximum atomic E-state index is 11.1. The number of halogens is 1. The molecule has 2 aromatic heterocycles. The summed E-state index contributed by atoms with van der Waals surface area (Å²) in [5.41, 5.74) is 1.39. The monoisotopic (exact) mass is 355 g/mol. The Morgan fingerprint density at radius 2 is 1.81 bits per heavy atom. The van der Waals surface area contributed by atoms with E-state index in [1.165, 1.54) is 12.6 Å². The van der Waals surface area contributed by atoms with Crippen molar-refractivity contribution in [1.82, 2.24) is 14.5 Å². The van der Waals surface area contributed by atoms with E-state index in [-0.39, 0.29) is 5.75 Å². The zero-order valence-electron chi connectivity index (χ0n) is 11.3. The van der Waals surface area contributed by atoms with Crippen molar-refractivity contribution >= 4 is 42.6 Å². The molecule has 2 heterocycles. The third-order valence-electron chi connectivity index (χ3n) is 2.21. The van der Waals surface area contributed by atoms with E-state index in [4.69, 9.17) is 16.2 Å². The molecule has 118 valence electrons. The van der Waals surface area contributed by atoms with E-state index in [1.807, 2.05) is 0 Å². The van der Waals surface area contributed by atoms with Crippen LogP contribution in [0.15, 0.2) is 18.6 Å². The fourth-order valence-electron chi connectivity index (χ4n) is 1.44. The number of hydrogen-bond donors (Lipinski definition) is 1. The lowest BCUT2D eigenvalue weighted by molar-refractivity contribution is 0.490. The summed E-state index contributed by atoms with van der Waals surface area (Å²) >= 11 is 5.93. The fourth-order valence-corrected chi connectivity index (χ4v) is 2.22. The van der Waals surface area contributed by atoms with Gasteiger partial charge in [0.1, 0.15) is 21.7 Å². The number of nitrogens with zero attached hydrogens (tertiary/aromatic N) is 3. The first-order valence-electron chi connectivity index (χ1n) is 5.53. The number of rotatable bonds is 3. The second-order valence-corrected chi connectivity index (χ2v) is 8.35. The lowest BCUT2D eigenvalue weighted by Crippen LogP contribution is -2.10. The van der Waals surface area contributed by atoms with Crippen LogP contribution in [0.4, 0.5) is 0 Å². The van der Waals surface area contributed by atoms with Gasteiger partial charge in [0, 0.05) is 19.0 Å². The SMILES string of the molecule is CS(=O)(=O)CCn1ccc2ncnc(Cl)c21.CS(=O)(=O)O. The molecule has 0 saturated heterocycles. The summed E-state index contributed by atoms with van der Waals surface area (Å²) in [6, 6.07) is 1.78. The van der Waals surface area contributed by atoms with Gasteiger partial charge in [-0.3, -0.25) is 4.55 Å². The van der Waals surface area contributed by atoms with Crippen LogP contribution in [-0.2, 0) is 26.5 Å². The van der Waals surface area contributed by atoms with Gasteiger partial charge in [-0.25, -0.2) is 18.4 Å². The minimum atomic E-state index is -3.67. The summed E-state index contributed by atoms with van der Waals surface area (Å²) < 4.78 is 49.8. The van der Waals surface area contributed by atoms with Crippen LogP contribution < -0.4 is 0 Å². The van der Waals surface area contributed by atoms with Gasteiger partial charge in [0.05, 0.1) is 17.5 Å². The molecule has 2 aromatic rings. The molecule has 0 fully saturated rings. The third-order valence-corrected chi connectivity index (χ3v) is 3.41. The van der Waals surface area contributed by atoms with Crippen molar-refractivity contribution in [2.75, 3.05) is 18.3 Å². The minimum Gasteiger partial charge on any atom is -0.343 e. The molecule has 8 nitrogen and oxygen atoms in total. The summed E-state index contributed by atoms with van der Waals surface area (Å²) in [7, 11) is -6.65. The summed E-state index contributed by atoms with van der Waals surface area (Å²) in [5, 5.41) is 0.337. The molecule has 0 atom stereocenters. The van der Waals surface area contributed by atoms with E-state index in [9.17, 15) is 16.8 Å². The van der Waals surface area contributed by atoms with Crippen LogP contribution >= 0.6 is 11.6 Å². The van der Waals surface area contributed by atoms with Crippen molar-refractivity contribution in [1.29, 1.82) is 0 Å². The van der Waals surface area contributed by atoms with Crippen molar-refractivity contribution in [2.45, 2.75) is 6.54 Å². The molecule has 0 unspecified atom stereocenters. The quantitative estimate of drug-likeness (QED) is 0.633. The molecular formula is C10H14ClN3O5S2. The molecule has 0 radical (unpaired) electrons. The standard InChI is InChI=1S/C9H10ClN3O2S.CH4O3S/c1-16(14,15)5-4-13-3-2-7-8(13)9(10)12-6-11-7;1-5(2,3)4/h2-3,6H,4-5H2,1H3;1H3,(H,2,3,4). The Balaban J connectivity index is 0.000000383. The maximum absolute atomic E-state index is 11.1. The third kappa shape index (κ3) is 6.85. The molecule has 0 amide bonds. The molecule has 11 heteroatoms. The Bertz CT molecular complexity index is 821. The molecule has 0 aliphatic carbocycles. The highest BCUT2D eigenvalue weighted by molar-refractivity contribution is 7.90. The zero-order chi connectivity index (χ0) is 16.3. The van der Waals surface area contributed by atoms with E-state index in [1.54, 1.807) is 16.8 Å². The van der Waals surface area contributed by atoms with Crippen molar-refractivity contribution in [2.24, 2.45) is 0 Å². The number of hydrogen-bond acceptors (Lipinski definition) is 6. The van der Waals surface area contributed by atoms with Crippen molar-refractivity contribution in [3.8, 4) is 0 Å². The summed E-state index contributed by atoms with van der Waals surface area (Å²) in [4.78, 5) is 7.91. The van der Waals surface area contributed by atoms with Crippen molar-refractivity contribution in [3.05, 3.63) is 23.7 Å². The number of fused-ring (bicyclic) bond motifs is 1. The lowest BCUT2D eigenvalue weighted by Gasteiger charge is -2.04. The van der Waals surface area contributed by atoms with E-state index in [2.05, 4.69) is 9.97 Å². The Morgan fingerprint density at radius 3 is 2.33 bits per heavy atom. The zero-order valence-corrected chi connectivity index (χ0v) is 13.7. The van der Waals surface area contributed by atoms with Crippen LogP contribution in [0, 0.1) is 0 Å². The van der Waals surface area contributed by atoms with Gasteiger partial charge in [-0.05, 0) is 6.07 Å². The second kappa shape index (κ2) is 6.69. The minimum absolute atomic E-state index is 0.0714. The predicted molar refractivity (Wildman–Crippen MR) is 79.7 cm³/mol. The molecule has 0 bridgehead atoms. The van der Waals surface area contributed by atoms with E-state index in [0.717, 1.165) is 0 Å². The molecule has 0 spiro atoms. The molecule has 1 N–H and O–H groups in total. The maximum Gasteiger partial charge on any atom is 0.261 e. The van der Waals surface area contributed by atoms with Gasteiger partial charge in [0.15, 0.2) is 5.15 Å². The lowest BCUT2D eigenvalue weighted by atomic mass is 10.4. The normalized spacial score (nSPS) is 12.0. The Kier molecular flexibility index (Phi) is 5.68. The first-order chi connectivity index (χ1) is 9.47. The number of aryl methyl sites for hydroxylation is 1. The predicted octanol–water partition coefficient (Wildman–Crippen LogP) is 0.633. The number of sulfone groups is 1. The summed E-state index contributed by atoms with van der Waals surface area (Å²) in [6.45, 7) is 0.357. The Labute approximate surface area is 127 Å². The molecule has 0 aliphatic rings. The van der Waals surface area contributed by atoms with Crippen molar-refractivity contribution in [3.63, 3.8) is 0 Å². The van der Waals surface area contributed by atoms with Crippen LogP contribution in [0.5, 0.6) is 0 Å². The van der Waals surface area contributed by atoms with Gasteiger partial charge in [-0.2, -0.15) is 8.42 Å². The topological polar surface area (TPSA) is 119 Å². The van der Waals surface area contributed by atoms with Gasteiger partial charge in [-0.1, -0.05) is 11.6 Å². The van der Waals surface area contributed by atoms with Crippen LogP contribution in [-0.4, -0.2) is 54.2 Å². The Hall–Kier alpha value is -1.23. The molecule has 21 heavy (non-hydrogen) atoms. The smallest absolute Gasteiger partial charge is 0.261 e. The highest BCUT2D eigenvalue weighted by Gasteiger charge is 2.09. The molecular weight excluding hydrogens is 342 g/mol. The number of aromatic nitrogens is 3. The fraction of sp³-hybridized carbons (Fsp3) is 0.400. The molecule has 0 saturated carbocycles. The summed E-state index contributed by atoms with van der Waals surface area (Å²) in [6.07, 6.45) is 5.06. The van der Waals surface area contributed by atoms with E-state index in [0.29, 0.717) is 29.0 Å². The van der Waals surface area contributed by atoms with Gasteiger partial charge >= 0.3 is 0 Å². The average Bonchev–Trinajstić information content (AvgIpc) is 2.67. The molecule has 2 rings (SSSR count). The summed E-state index contributed by atoms with van der Waals surface area (Å²) in [5.74, 6) is 0.0714. The molecule has 0 aromatic carbocycles. The van der Waals surface area contributed by atoms with Gasteiger partial charge in [0.2, 0.25) is 0 Å². The van der Waals surface area contributed by atoms with Gasteiger partial charge < -0.3 is 4.57 Å². The van der Waals surface area contributed by atoms with Crippen LogP contribution in [0.25, 0.3) is 11.0 Å². The highest BCUT2D eigenvalue weighted by Crippen LogP contribution is 2.20. The first kappa shape index (κ1) is 17.8. The van der Waals surface area contributed by atoms with E-state index < -0.39 is 20.0 Å². The molecule has 0 aliphatic heterocycles. The van der Waals surface area contributed by atoms with Crippen LogP contribution in [0.3, 0.4) is 0 Å². The largest absolute Gasteiger partial charge is 0.343 e. The van der Waals surface area contributed by atoms with Crippen LogP contribution in [0.1, 0.15) is 0 Å². The first-order valence-corrected chi connectivity index (χ1v) is 9.81. The van der Waals surface area contributed by atoms with Crippen molar-refractivity contribution < 1.29 is 21.4 Å². The van der Waals surface area contributed by atoms with Gasteiger partial charge in [-0.15, -0.1) is 0 Å². The van der Waals surface area contributed by atoms with Gasteiger partial charge in [0.25, 0.3) is 10.1 Å². The Morgan fingerprint density at radius 1 is 1.24 bits per heavy atom. The van der Waals surface area contributed by atoms with E-state index >= 15 is 0 Å². The van der Waals surface area contributed by atoms with Crippen LogP contribution in [0.2, 0.25) is 5.15 Å². The second-order valence-electron chi connectivity index (χ2n) is 4.27. The highest BCUT2D eigenvalue weighted by atomic mass is 35.5. The average molecular weight is 356 g/mol.